The molecule has 13 heteroatoms. The molecule has 1 aliphatic carbocycles. The number of hydrogen-bond donors (Lipinski definition) is 2. The maximum absolute atomic E-state index is 13.0. The van der Waals surface area contributed by atoms with E-state index in [1.807, 2.05) is 18.2 Å². The van der Waals surface area contributed by atoms with E-state index in [0.717, 1.165) is 95.7 Å². The van der Waals surface area contributed by atoms with Gasteiger partial charge in [0, 0.05) is 70.4 Å². The third-order valence-corrected chi connectivity index (χ3v) is 11.3. The number of ether oxygens (including phenoxy) is 1. The number of nitrogens with zero attached hydrogens (tertiary/aromatic N) is 6. The molecule has 4 heterocycles. The minimum Gasteiger partial charge on any atom is -0.490 e. The fourth-order valence-electron chi connectivity index (χ4n) is 7.98. The zero-order valence-corrected chi connectivity index (χ0v) is 30.1. The molecule has 3 aliphatic heterocycles. The minimum atomic E-state index is -0.254. The first-order valence-corrected chi connectivity index (χ1v) is 18.8. The molecule has 0 spiro atoms. The quantitative estimate of drug-likeness (QED) is 0.304. The van der Waals surface area contributed by atoms with E-state index in [1.54, 1.807) is 24.3 Å². The Labute approximate surface area is 309 Å². The number of hydrogen-bond acceptors (Lipinski definition) is 10. The van der Waals surface area contributed by atoms with Gasteiger partial charge in [0.1, 0.15) is 11.8 Å². The Morgan fingerprint density at radius 2 is 1.71 bits per heavy atom. The fraction of sp³-hybridized carbons (Fsp3) is 0.487. The molecular weight excluding hydrogens is 680 g/mol. The van der Waals surface area contributed by atoms with Crippen molar-refractivity contribution >= 4 is 35.1 Å². The van der Waals surface area contributed by atoms with Crippen molar-refractivity contribution in [1.82, 2.24) is 30.6 Å². The second kappa shape index (κ2) is 16.4. The van der Waals surface area contributed by atoms with Gasteiger partial charge in [-0.05, 0) is 80.3 Å². The van der Waals surface area contributed by atoms with Crippen LogP contribution >= 0.6 is 11.6 Å². The van der Waals surface area contributed by atoms with Crippen LogP contribution in [-0.2, 0) is 16.1 Å². The van der Waals surface area contributed by atoms with Gasteiger partial charge in [0.25, 0.3) is 5.91 Å². The smallest absolute Gasteiger partial charge is 0.272 e. The standard InChI is InChI=1S/C39H45ClN8O4/c40-34-23-32(7-4-28(34)24-41)52-31-8-5-29(6-9-31)42-39(51)35-11-12-36(45-44-35)48-16-14-30(15-17-48)47-20-18-46(19-21-47)25-26-2-1-3-27(22-26)33-10-13-37(49)43-38(33)50/h1-4,7,11-12,22-23,29-31,33H,5-6,8-10,13-21,25H2,(H,42,51)(H,43,49,50). The van der Waals surface area contributed by atoms with Crippen LogP contribution in [0.5, 0.6) is 5.75 Å². The number of aromatic nitrogens is 2. The topological polar surface area (TPSA) is 144 Å². The van der Waals surface area contributed by atoms with E-state index in [2.05, 4.69) is 53.7 Å². The molecule has 4 aliphatic rings. The summed E-state index contributed by atoms with van der Waals surface area (Å²) in [6, 6.07) is 19.7. The number of anilines is 1. The van der Waals surface area contributed by atoms with Crippen LogP contribution in [0.15, 0.2) is 54.6 Å². The molecule has 3 aromatic rings. The normalized spacial score (nSPS) is 23.5. The average Bonchev–Trinajstić information content (AvgIpc) is 3.16. The lowest BCUT2D eigenvalue weighted by Crippen LogP contribution is -2.53. The molecule has 2 N–H and O–H groups in total. The number of carbonyl (C=O) groups is 3. The van der Waals surface area contributed by atoms with E-state index in [9.17, 15) is 14.4 Å². The number of benzene rings is 2. The number of amides is 3. The van der Waals surface area contributed by atoms with Crippen molar-refractivity contribution in [2.75, 3.05) is 44.2 Å². The van der Waals surface area contributed by atoms with Gasteiger partial charge in [-0.1, -0.05) is 35.9 Å². The first-order valence-electron chi connectivity index (χ1n) is 18.5. The summed E-state index contributed by atoms with van der Waals surface area (Å²) in [5.74, 6) is 0.625. The Morgan fingerprint density at radius 1 is 0.923 bits per heavy atom. The molecule has 1 unspecified atom stereocenters. The molecule has 4 fully saturated rings. The number of nitriles is 1. The highest BCUT2D eigenvalue weighted by atomic mass is 35.5. The number of piperazine rings is 1. The zero-order valence-electron chi connectivity index (χ0n) is 29.3. The Kier molecular flexibility index (Phi) is 11.3. The molecule has 3 saturated heterocycles. The van der Waals surface area contributed by atoms with Crippen molar-refractivity contribution in [2.45, 2.75) is 82.0 Å². The van der Waals surface area contributed by atoms with Crippen LogP contribution in [-0.4, -0.2) is 95.2 Å². The monoisotopic (exact) mass is 724 g/mol. The molecule has 52 heavy (non-hydrogen) atoms. The fourth-order valence-corrected chi connectivity index (χ4v) is 8.19. The van der Waals surface area contributed by atoms with Gasteiger partial charge in [0.15, 0.2) is 11.5 Å². The van der Waals surface area contributed by atoms with E-state index in [-0.39, 0.29) is 35.8 Å². The largest absolute Gasteiger partial charge is 0.490 e. The molecule has 7 rings (SSSR count). The van der Waals surface area contributed by atoms with Gasteiger partial charge < -0.3 is 15.0 Å². The third-order valence-electron chi connectivity index (χ3n) is 11.0. The lowest BCUT2D eigenvalue weighted by molar-refractivity contribution is -0.134. The second-order valence-electron chi connectivity index (χ2n) is 14.4. The van der Waals surface area contributed by atoms with Crippen LogP contribution in [0, 0.1) is 11.3 Å². The molecule has 2 aromatic carbocycles. The van der Waals surface area contributed by atoms with Gasteiger partial charge in [0.2, 0.25) is 11.8 Å². The second-order valence-corrected chi connectivity index (χ2v) is 14.8. The maximum atomic E-state index is 13.0. The number of carbonyl (C=O) groups excluding carboxylic acids is 3. The summed E-state index contributed by atoms with van der Waals surface area (Å²) in [7, 11) is 0. The lowest BCUT2D eigenvalue weighted by atomic mass is 9.89. The minimum absolute atomic E-state index is 0.0356. The highest BCUT2D eigenvalue weighted by Gasteiger charge is 2.30. The van der Waals surface area contributed by atoms with Crippen LogP contribution in [0.25, 0.3) is 0 Å². The summed E-state index contributed by atoms with van der Waals surface area (Å²) in [6.45, 7) is 6.72. The van der Waals surface area contributed by atoms with Crippen molar-refractivity contribution < 1.29 is 19.1 Å². The summed E-state index contributed by atoms with van der Waals surface area (Å²) in [5, 5.41) is 23.8. The molecule has 0 radical (unpaired) electrons. The van der Waals surface area contributed by atoms with Crippen molar-refractivity contribution in [3.05, 3.63) is 82.0 Å². The van der Waals surface area contributed by atoms with Gasteiger partial charge in [-0.3, -0.25) is 29.5 Å². The van der Waals surface area contributed by atoms with Gasteiger partial charge >= 0.3 is 0 Å². The Hall–Kier alpha value is -4.57. The predicted octanol–water partition coefficient (Wildman–Crippen LogP) is 4.43. The van der Waals surface area contributed by atoms with Crippen LogP contribution < -0.4 is 20.3 Å². The molecule has 3 amide bonds. The first-order chi connectivity index (χ1) is 25.3. The third kappa shape index (κ3) is 8.72. The van der Waals surface area contributed by atoms with E-state index in [4.69, 9.17) is 21.6 Å². The Bertz CT molecular complexity index is 1790. The SMILES string of the molecule is N#Cc1ccc(OC2CCC(NC(=O)c3ccc(N4CCC(N5CCN(Cc6cccc(C7CCC(=O)NC7=O)c6)CC5)CC4)nn3)CC2)cc1Cl. The highest BCUT2D eigenvalue weighted by molar-refractivity contribution is 6.31. The van der Waals surface area contributed by atoms with Crippen molar-refractivity contribution in [3.8, 4) is 11.8 Å². The van der Waals surface area contributed by atoms with Crippen molar-refractivity contribution in [2.24, 2.45) is 0 Å². The molecule has 272 valence electrons. The molecular formula is C39H45ClN8O4. The Balaban J connectivity index is 0.813. The van der Waals surface area contributed by atoms with Gasteiger partial charge in [-0.15, -0.1) is 10.2 Å². The number of nitrogens with one attached hydrogen (secondary N) is 2. The van der Waals surface area contributed by atoms with E-state index < -0.39 is 0 Å². The zero-order chi connectivity index (χ0) is 36.0. The van der Waals surface area contributed by atoms with E-state index >= 15 is 0 Å². The highest BCUT2D eigenvalue weighted by Crippen LogP contribution is 2.29. The molecule has 1 saturated carbocycles. The van der Waals surface area contributed by atoms with Crippen LogP contribution in [0.1, 0.15) is 84.5 Å². The summed E-state index contributed by atoms with van der Waals surface area (Å²) >= 11 is 6.14. The van der Waals surface area contributed by atoms with Crippen LogP contribution in [0.3, 0.4) is 0 Å². The Morgan fingerprint density at radius 3 is 2.40 bits per heavy atom. The van der Waals surface area contributed by atoms with Crippen molar-refractivity contribution in [1.29, 1.82) is 5.26 Å². The number of halogens is 1. The van der Waals surface area contributed by atoms with Gasteiger partial charge in [0.05, 0.1) is 22.6 Å². The predicted molar refractivity (Wildman–Crippen MR) is 196 cm³/mol. The average molecular weight is 725 g/mol. The van der Waals surface area contributed by atoms with Crippen LogP contribution in [0.2, 0.25) is 5.02 Å². The molecule has 1 atom stereocenters. The van der Waals surface area contributed by atoms with Crippen molar-refractivity contribution in [3.63, 3.8) is 0 Å². The lowest BCUT2D eigenvalue weighted by Gasteiger charge is -2.43. The van der Waals surface area contributed by atoms with E-state index in [1.165, 1.54) is 5.56 Å². The summed E-state index contributed by atoms with van der Waals surface area (Å²) < 4.78 is 6.08. The summed E-state index contributed by atoms with van der Waals surface area (Å²) in [4.78, 5) is 44.3. The number of imide groups is 1. The summed E-state index contributed by atoms with van der Waals surface area (Å²) in [5.41, 5.74) is 2.94. The molecule has 1 aromatic heterocycles. The summed E-state index contributed by atoms with van der Waals surface area (Å²) in [6.07, 6.45) is 6.33. The van der Waals surface area contributed by atoms with E-state index in [0.29, 0.717) is 40.9 Å². The first kappa shape index (κ1) is 35.8. The molecule has 0 bridgehead atoms. The van der Waals surface area contributed by atoms with Crippen LogP contribution in [0.4, 0.5) is 5.82 Å². The maximum Gasteiger partial charge on any atom is 0.272 e. The number of rotatable bonds is 9. The number of piperidine rings is 2. The van der Waals surface area contributed by atoms with Gasteiger partial charge in [-0.25, -0.2) is 0 Å². The molecule has 12 nitrogen and oxygen atoms in total. The van der Waals surface area contributed by atoms with Gasteiger partial charge in [-0.2, -0.15) is 5.26 Å².